The highest BCUT2D eigenvalue weighted by molar-refractivity contribution is 6.08. The van der Waals surface area contributed by atoms with E-state index in [1.807, 2.05) is 0 Å². The minimum atomic E-state index is -1.84. The van der Waals surface area contributed by atoms with Gasteiger partial charge < -0.3 is 9.84 Å². The van der Waals surface area contributed by atoms with Gasteiger partial charge in [0.2, 0.25) is 5.78 Å². The molecule has 1 aromatic carbocycles. The van der Waals surface area contributed by atoms with Gasteiger partial charge in [-0.25, -0.2) is 0 Å². The molecule has 0 heterocycles. The van der Waals surface area contributed by atoms with Gasteiger partial charge in [-0.1, -0.05) is 30.3 Å². The van der Waals surface area contributed by atoms with Gasteiger partial charge in [0.25, 0.3) is 0 Å². The zero-order valence-electron chi connectivity index (χ0n) is 11.4. The van der Waals surface area contributed by atoms with E-state index in [4.69, 9.17) is 4.74 Å². The average Bonchev–Trinajstić information content (AvgIpc) is 2.43. The predicted molar refractivity (Wildman–Crippen MR) is 74.2 cm³/mol. The summed E-state index contributed by atoms with van der Waals surface area (Å²) in [5.74, 6) is -0.814. The lowest BCUT2D eigenvalue weighted by atomic mass is 9.84. The summed E-state index contributed by atoms with van der Waals surface area (Å²) in [5.41, 5.74) is -0.685. The summed E-state index contributed by atoms with van der Waals surface area (Å²) < 4.78 is 4.96. The number of ketones is 2. The number of carbonyl (C=O) groups is 2. The van der Waals surface area contributed by atoms with Crippen LogP contribution < -0.4 is 0 Å². The number of Topliss-reactive ketones (excluding diaryl/α,β-unsaturated/α-hetero) is 2. The predicted octanol–water partition coefficient (Wildman–Crippen LogP) is 2.05. The molecule has 0 saturated carbocycles. The molecule has 0 saturated heterocycles. The van der Waals surface area contributed by atoms with Crippen molar-refractivity contribution in [2.75, 3.05) is 7.11 Å². The van der Waals surface area contributed by atoms with Crippen LogP contribution >= 0.6 is 0 Å². The fourth-order valence-corrected chi connectivity index (χ4v) is 2.22. The lowest BCUT2D eigenvalue weighted by molar-refractivity contribution is -0.132. The highest BCUT2D eigenvalue weighted by atomic mass is 16.5. The van der Waals surface area contributed by atoms with Crippen LogP contribution in [0, 0.1) is 0 Å². The van der Waals surface area contributed by atoms with Gasteiger partial charge in [-0.15, -0.1) is 0 Å². The van der Waals surface area contributed by atoms with Gasteiger partial charge >= 0.3 is 0 Å². The van der Waals surface area contributed by atoms with Crippen LogP contribution in [0.4, 0.5) is 0 Å². The van der Waals surface area contributed by atoms with Crippen molar-refractivity contribution < 1.29 is 19.4 Å². The second-order valence-electron chi connectivity index (χ2n) is 4.82. The molecule has 4 heteroatoms. The largest absolute Gasteiger partial charge is 0.493 e. The molecule has 0 bridgehead atoms. The number of benzene rings is 1. The van der Waals surface area contributed by atoms with E-state index in [1.165, 1.54) is 13.2 Å². The number of rotatable bonds is 4. The molecule has 0 radical (unpaired) electrons. The van der Waals surface area contributed by atoms with Crippen LogP contribution in [0.15, 0.2) is 53.8 Å². The number of hydrogen-bond donors (Lipinski definition) is 1. The Labute approximate surface area is 117 Å². The fourth-order valence-electron chi connectivity index (χ4n) is 2.22. The van der Waals surface area contributed by atoms with E-state index < -0.39 is 11.4 Å². The highest BCUT2D eigenvalue weighted by Gasteiger charge is 2.41. The Kier molecular flexibility index (Phi) is 3.86. The van der Waals surface area contributed by atoms with E-state index in [1.54, 1.807) is 43.3 Å². The Balaban J connectivity index is 2.26. The summed E-state index contributed by atoms with van der Waals surface area (Å²) in [6, 6.07) is 8.58. The quantitative estimate of drug-likeness (QED) is 0.852. The van der Waals surface area contributed by atoms with Gasteiger partial charge in [0.05, 0.1) is 13.5 Å². The molecule has 1 aromatic rings. The van der Waals surface area contributed by atoms with Crippen LogP contribution in [0.5, 0.6) is 0 Å². The summed E-state index contributed by atoms with van der Waals surface area (Å²) in [5, 5.41) is 10.5. The molecule has 1 unspecified atom stereocenters. The first-order valence-corrected chi connectivity index (χ1v) is 6.27. The van der Waals surface area contributed by atoms with Crippen molar-refractivity contribution in [2.24, 2.45) is 0 Å². The molecular weight excluding hydrogens is 256 g/mol. The van der Waals surface area contributed by atoms with Crippen LogP contribution in [0.1, 0.15) is 23.7 Å². The van der Waals surface area contributed by atoms with Crippen molar-refractivity contribution in [3.63, 3.8) is 0 Å². The zero-order valence-corrected chi connectivity index (χ0v) is 11.4. The maximum Gasteiger partial charge on any atom is 0.233 e. The first-order chi connectivity index (χ1) is 9.46. The van der Waals surface area contributed by atoms with Crippen LogP contribution in [0.25, 0.3) is 0 Å². The number of hydrogen-bond acceptors (Lipinski definition) is 4. The summed E-state index contributed by atoms with van der Waals surface area (Å²) in [6.07, 6.45) is 2.65. The van der Waals surface area contributed by atoms with Crippen LogP contribution in [-0.2, 0) is 9.53 Å². The summed E-state index contributed by atoms with van der Waals surface area (Å²) in [4.78, 5) is 24.3. The molecule has 1 N–H and O–H groups in total. The average molecular weight is 272 g/mol. The minimum Gasteiger partial charge on any atom is -0.493 e. The minimum absolute atomic E-state index is 0.0633. The zero-order chi connectivity index (χ0) is 14.8. The van der Waals surface area contributed by atoms with E-state index in [-0.39, 0.29) is 18.0 Å². The van der Waals surface area contributed by atoms with E-state index in [9.17, 15) is 14.7 Å². The number of carbonyl (C=O) groups excluding carboxylic acids is 2. The molecule has 4 nitrogen and oxygen atoms in total. The molecule has 104 valence electrons. The number of allylic oxidation sites excluding steroid dienone is 2. The number of aliphatic hydroxyl groups is 1. The number of ether oxygens (including phenoxy) is 1. The van der Waals surface area contributed by atoms with Crippen molar-refractivity contribution in [1.82, 2.24) is 0 Å². The van der Waals surface area contributed by atoms with Crippen molar-refractivity contribution in [1.29, 1.82) is 0 Å². The Morgan fingerprint density at radius 1 is 1.30 bits per heavy atom. The van der Waals surface area contributed by atoms with Gasteiger partial charge in [0.1, 0.15) is 0 Å². The van der Waals surface area contributed by atoms with Gasteiger partial charge in [-0.05, 0) is 24.6 Å². The topological polar surface area (TPSA) is 63.6 Å². The van der Waals surface area contributed by atoms with E-state index >= 15 is 0 Å². The van der Waals surface area contributed by atoms with Gasteiger partial charge in [-0.2, -0.15) is 0 Å². The Morgan fingerprint density at radius 3 is 2.55 bits per heavy atom. The number of methoxy groups -OCH3 is 1. The molecular formula is C16H16O4. The molecule has 1 atom stereocenters. The maximum atomic E-state index is 12.2. The monoisotopic (exact) mass is 272 g/mol. The highest BCUT2D eigenvalue weighted by Crippen LogP contribution is 2.27. The van der Waals surface area contributed by atoms with Crippen molar-refractivity contribution in [3.8, 4) is 0 Å². The first kappa shape index (κ1) is 14.2. The molecule has 2 rings (SSSR count). The lowest BCUT2D eigenvalue weighted by Crippen LogP contribution is -2.42. The molecule has 0 fully saturated rings. The van der Waals surface area contributed by atoms with E-state index in [2.05, 4.69) is 0 Å². The van der Waals surface area contributed by atoms with Gasteiger partial charge in [0.15, 0.2) is 17.1 Å². The Bertz CT molecular complexity index is 598. The van der Waals surface area contributed by atoms with Gasteiger partial charge in [-0.3, -0.25) is 9.59 Å². The molecule has 1 aliphatic carbocycles. The molecule has 0 aliphatic heterocycles. The van der Waals surface area contributed by atoms with Crippen molar-refractivity contribution in [3.05, 3.63) is 59.4 Å². The Morgan fingerprint density at radius 2 is 1.95 bits per heavy atom. The smallest absolute Gasteiger partial charge is 0.233 e. The molecule has 0 aromatic heterocycles. The standard InChI is InChI=1S/C16H16O4/c1-11-8-14(20-2)15(18)16(19,9-11)10-13(17)12-6-4-3-5-7-12/h3-9,19H,10H2,1-2H3. The third kappa shape index (κ3) is 2.70. The molecule has 0 spiro atoms. The van der Waals surface area contributed by atoms with Crippen LogP contribution in [0.3, 0.4) is 0 Å². The third-order valence-electron chi connectivity index (χ3n) is 3.19. The Hall–Kier alpha value is -2.20. The van der Waals surface area contributed by atoms with Crippen LogP contribution in [-0.4, -0.2) is 29.4 Å². The van der Waals surface area contributed by atoms with E-state index in [0.29, 0.717) is 11.1 Å². The second kappa shape index (κ2) is 5.43. The third-order valence-corrected chi connectivity index (χ3v) is 3.19. The molecule has 1 aliphatic rings. The summed E-state index contributed by atoms with van der Waals surface area (Å²) in [6.45, 7) is 1.74. The fraction of sp³-hybridized carbons (Fsp3) is 0.250. The van der Waals surface area contributed by atoms with Crippen LogP contribution in [0.2, 0.25) is 0 Å². The SMILES string of the molecule is COC1=CC(C)=CC(O)(CC(=O)c2ccccc2)C1=O. The second-order valence-corrected chi connectivity index (χ2v) is 4.82. The van der Waals surface area contributed by atoms with E-state index in [0.717, 1.165) is 0 Å². The summed E-state index contributed by atoms with van der Waals surface area (Å²) in [7, 11) is 1.36. The van der Waals surface area contributed by atoms with Crippen molar-refractivity contribution in [2.45, 2.75) is 18.9 Å². The molecule has 20 heavy (non-hydrogen) atoms. The first-order valence-electron chi connectivity index (χ1n) is 6.27. The van der Waals surface area contributed by atoms with Crippen molar-refractivity contribution >= 4 is 11.6 Å². The summed E-state index contributed by atoms with van der Waals surface area (Å²) >= 11 is 0. The van der Waals surface area contributed by atoms with Gasteiger partial charge in [0, 0.05) is 5.56 Å². The normalized spacial score (nSPS) is 22.1. The maximum absolute atomic E-state index is 12.2. The lowest BCUT2D eigenvalue weighted by Gasteiger charge is -2.27. The molecule has 0 amide bonds.